The first-order chi connectivity index (χ1) is 32.2. The molecule has 0 fully saturated rings. The van der Waals surface area contributed by atoms with Crippen LogP contribution in [0.4, 0.5) is 0 Å². The van der Waals surface area contributed by atoms with Gasteiger partial charge in [0.05, 0.1) is 19.8 Å². The molecule has 0 aliphatic carbocycles. The fourth-order valence-corrected chi connectivity index (χ4v) is 8.27. The van der Waals surface area contributed by atoms with Crippen LogP contribution in [0.1, 0.15) is 252 Å². The van der Waals surface area contributed by atoms with E-state index in [1.165, 1.54) is 116 Å². The van der Waals surface area contributed by atoms with Crippen molar-refractivity contribution < 1.29 is 52.2 Å². The lowest BCUT2D eigenvalue weighted by atomic mass is 10.0. The van der Waals surface area contributed by atoms with Crippen molar-refractivity contribution in [1.29, 1.82) is 0 Å². The van der Waals surface area contributed by atoms with E-state index in [0.717, 1.165) is 77.0 Å². The SMILES string of the molecule is CC/C=C\C/C=C\C/C=C\CCCCCC(=O)OC(COC(=O)CCCCCCCCCCCCCCCCCCC)COP(=O)(O)OCC(CO)OC(=O)CCCCCCCCCCC. The molecule has 0 heterocycles. The maximum absolute atomic E-state index is 12.8. The van der Waals surface area contributed by atoms with Crippen LogP contribution in [0.5, 0.6) is 0 Å². The van der Waals surface area contributed by atoms with E-state index in [4.69, 9.17) is 23.3 Å². The molecule has 2 N–H and O–H groups in total. The average molecular weight is 955 g/mol. The molecule has 0 radical (unpaired) electrons. The maximum atomic E-state index is 12.8. The van der Waals surface area contributed by atoms with E-state index < -0.39 is 57.8 Å². The zero-order valence-corrected chi connectivity index (χ0v) is 43.3. The number of phosphoric acid groups is 1. The molecule has 0 aliphatic heterocycles. The Balaban J connectivity index is 4.71. The zero-order chi connectivity index (χ0) is 48.4. The minimum absolute atomic E-state index is 0.136. The van der Waals surface area contributed by atoms with Gasteiger partial charge < -0.3 is 24.2 Å². The number of aliphatic hydroxyl groups excluding tert-OH is 1. The van der Waals surface area contributed by atoms with Gasteiger partial charge in [-0.1, -0.05) is 218 Å². The molecule has 3 atom stereocenters. The molecule has 0 aromatic heterocycles. The Morgan fingerprint density at radius 2 is 0.788 bits per heavy atom. The molecule has 0 spiro atoms. The Hall–Kier alpha value is -2.30. The van der Waals surface area contributed by atoms with Crippen molar-refractivity contribution in [1.82, 2.24) is 0 Å². The third kappa shape index (κ3) is 46.8. The smallest absolute Gasteiger partial charge is 0.462 e. The van der Waals surface area contributed by atoms with Crippen molar-refractivity contribution in [3.05, 3.63) is 36.5 Å². The molecule has 0 saturated carbocycles. The Kier molecular flexibility index (Phi) is 47.4. The lowest BCUT2D eigenvalue weighted by Crippen LogP contribution is -2.30. The molecule has 386 valence electrons. The maximum Gasteiger partial charge on any atom is 0.472 e. The van der Waals surface area contributed by atoms with Gasteiger partial charge in [-0.15, -0.1) is 0 Å². The molecular formula is C54H99O11P. The van der Waals surface area contributed by atoms with Crippen molar-refractivity contribution in [2.75, 3.05) is 26.4 Å². The molecule has 12 heteroatoms. The highest BCUT2D eigenvalue weighted by atomic mass is 31.2. The summed E-state index contributed by atoms with van der Waals surface area (Å²) in [6.07, 6.45) is 48.4. The van der Waals surface area contributed by atoms with Crippen LogP contribution in [0.15, 0.2) is 36.5 Å². The first-order valence-electron chi connectivity index (χ1n) is 26.9. The molecule has 66 heavy (non-hydrogen) atoms. The number of allylic oxidation sites excluding steroid dienone is 6. The van der Waals surface area contributed by atoms with E-state index in [2.05, 4.69) is 57.2 Å². The first-order valence-corrected chi connectivity index (χ1v) is 28.4. The van der Waals surface area contributed by atoms with Crippen LogP contribution < -0.4 is 0 Å². The van der Waals surface area contributed by atoms with Gasteiger partial charge in [-0.3, -0.25) is 23.4 Å². The number of rotatable bonds is 50. The van der Waals surface area contributed by atoms with Gasteiger partial charge in [0, 0.05) is 19.3 Å². The molecule has 0 aromatic carbocycles. The molecule has 0 rings (SSSR count). The first kappa shape index (κ1) is 63.7. The second kappa shape index (κ2) is 49.1. The van der Waals surface area contributed by atoms with E-state index in [1.807, 2.05) is 0 Å². The van der Waals surface area contributed by atoms with E-state index in [1.54, 1.807) is 0 Å². The molecule has 0 aromatic rings. The number of carbonyl (C=O) groups is 3. The van der Waals surface area contributed by atoms with Crippen LogP contribution in [0.25, 0.3) is 0 Å². The summed E-state index contributed by atoms with van der Waals surface area (Å²) < 4.78 is 39.3. The summed E-state index contributed by atoms with van der Waals surface area (Å²) in [4.78, 5) is 48.3. The minimum atomic E-state index is -4.74. The average Bonchev–Trinajstić information content (AvgIpc) is 3.30. The van der Waals surface area contributed by atoms with Crippen LogP contribution in [0.3, 0.4) is 0 Å². The number of aliphatic hydroxyl groups is 1. The predicted octanol–water partition coefficient (Wildman–Crippen LogP) is 15.3. The number of hydrogen-bond acceptors (Lipinski definition) is 10. The quantitative estimate of drug-likeness (QED) is 0.0197. The Labute approximate surface area is 403 Å². The number of esters is 3. The second-order valence-corrected chi connectivity index (χ2v) is 19.5. The fourth-order valence-electron chi connectivity index (χ4n) is 7.49. The van der Waals surface area contributed by atoms with Gasteiger partial charge in [0.15, 0.2) is 6.10 Å². The predicted molar refractivity (Wildman–Crippen MR) is 270 cm³/mol. The van der Waals surface area contributed by atoms with Crippen LogP contribution in [0.2, 0.25) is 0 Å². The third-order valence-corrected chi connectivity index (χ3v) is 12.5. The number of unbranched alkanes of at least 4 members (excludes halogenated alkanes) is 27. The van der Waals surface area contributed by atoms with Crippen molar-refractivity contribution in [3.8, 4) is 0 Å². The number of hydrogen-bond donors (Lipinski definition) is 2. The highest BCUT2D eigenvalue weighted by Crippen LogP contribution is 2.43. The van der Waals surface area contributed by atoms with Gasteiger partial charge in [0.25, 0.3) is 0 Å². The fraction of sp³-hybridized carbons (Fsp3) is 0.833. The van der Waals surface area contributed by atoms with Crippen LogP contribution in [-0.4, -0.2) is 66.5 Å². The van der Waals surface area contributed by atoms with Crippen molar-refractivity contribution in [2.24, 2.45) is 0 Å². The standard InChI is InChI=1S/C54H99O11P/c1-4-7-10-13-16-19-21-23-24-25-26-28-29-32-34-37-40-43-52(56)61-47-51(65-54(58)45-42-39-36-33-30-27-22-20-17-14-11-8-5-2)49-63-66(59,60)62-48-50(46-55)64-53(57)44-41-38-35-31-18-15-12-9-6-3/h8,11,17,20,27,30,50-51,55H,4-7,9-10,12-16,18-19,21-26,28-29,31-49H2,1-3H3,(H,59,60)/b11-8-,20-17-,30-27-. The summed E-state index contributed by atoms with van der Waals surface area (Å²) >= 11 is 0. The summed E-state index contributed by atoms with van der Waals surface area (Å²) in [5, 5.41) is 9.74. The number of phosphoric ester groups is 1. The molecule has 0 amide bonds. The molecule has 3 unspecified atom stereocenters. The topological polar surface area (TPSA) is 155 Å². The third-order valence-electron chi connectivity index (χ3n) is 11.6. The largest absolute Gasteiger partial charge is 0.472 e. The van der Waals surface area contributed by atoms with Gasteiger partial charge in [-0.2, -0.15) is 0 Å². The Morgan fingerprint density at radius 1 is 0.439 bits per heavy atom. The highest BCUT2D eigenvalue weighted by Gasteiger charge is 2.28. The Morgan fingerprint density at radius 3 is 1.21 bits per heavy atom. The summed E-state index contributed by atoms with van der Waals surface area (Å²) in [5.74, 6) is -1.49. The summed E-state index contributed by atoms with van der Waals surface area (Å²) in [7, 11) is -4.74. The lowest BCUT2D eigenvalue weighted by Gasteiger charge is -2.21. The van der Waals surface area contributed by atoms with Crippen LogP contribution in [0, 0.1) is 0 Å². The van der Waals surface area contributed by atoms with E-state index in [9.17, 15) is 28.9 Å². The summed E-state index contributed by atoms with van der Waals surface area (Å²) in [5.41, 5.74) is 0. The van der Waals surface area contributed by atoms with Crippen molar-refractivity contribution >= 4 is 25.7 Å². The van der Waals surface area contributed by atoms with E-state index in [-0.39, 0.29) is 25.9 Å². The van der Waals surface area contributed by atoms with Crippen LogP contribution in [-0.2, 0) is 42.2 Å². The monoisotopic (exact) mass is 955 g/mol. The van der Waals surface area contributed by atoms with E-state index >= 15 is 0 Å². The summed E-state index contributed by atoms with van der Waals surface area (Å²) in [6, 6.07) is 0. The van der Waals surface area contributed by atoms with Gasteiger partial charge in [-0.25, -0.2) is 4.57 Å². The van der Waals surface area contributed by atoms with E-state index in [0.29, 0.717) is 19.3 Å². The van der Waals surface area contributed by atoms with Crippen LogP contribution >= 0.6 is 7.82 Å². The normalized spacial score (nSPS) is 13.7. The Bertz CT molecular complexity index is 1250. The molecule has 11 nitrogen and oxygen atoms in total. The molecule has 0 bridgehead atoms. The molecule has 0 aliphatic rings. The van der Waals surface area contributed by atoms with Gasteiger partial charge in [0.2, 0.25) is 0 Å². The van der Waals surface area contributed by atoms with Crippen molar-refractivity contribution in [3.63, 3.8) is 0 Å². The van der Waals surface area contributed by atoms with Gasteiger partial charge >= 0.3 is 25.7 Å². The lowest BCUT2D eigenvalue weighted by molar-refractivity contribution is -0.161. The zero-order valence-electron chi connectivity index (χ0n) is 42.4. The van der Waals surface area contributed by atoms with Gasteiger partial charge in [-0.05, 0) is 51.4 Å². The summed E-state index contributed by atoms with van der Waals surface area (Å²) in [6.45, 7) is 4.49. The second-order valence-electron chi connectivity index (χ2n) is 18.0. The number of carbonyl (C=O) groups excluding carboxylic acids is 3. The number of ether oxygens (including phenoxy) is 3. The minimum Gasteiger partial charge on any atom is -0.462 e. The van der Waals surface area contributed by atoms with Crippen molar-refractivity contribution in [2.45, 2.75) is 264 Å². The highest BCUT2D eigenvalue weighted by molar-refractivity contribution is 7.47. The molecular weight excluding hydrogens is 856 g/mol. The van der Waals surface area contributed by atoms with Gasteiger partial charge in [0.1, 0.15) is 12.7 Å². The molecule has 0 saturated heterocycles.